The van der Waals surface area contributed by atoms with E-state index in [1.807, 2.05) is 6.07 Å². The maximum absolute atomic E-state index is 12.3. The Balaban J connectivity index is 2.04. The molecule has 1 aliphatic rings. The minimum absolute atomic E-state index is 0.0225. The molecule has 0 aliphatic heterocycles. The fourth-order valence-corrected chi connectivity index (χ4v) is 3.13. The van der Waals surface area contributed by atoms with Crippen LogP contribution in [-0.4, -0.2) is 16.9 Å². The minimum atomic E-state index is -0.0225. The first kappa shape index (κ1) is 15.3. The van der Waals surface area contributed by atoms with Gasteiger partial charge in [-0.3, -0.25) is 4.79 Å². The first-order valence-electron chi connectivity index (χ1n) is 7.55. The van der Waals surface area contributed by atoms with Crippen molar-refractivity contribution in [1.29, 1.82) is 0 Å². The third kappa shape index (κ3) is 4.20. The number of aryl methyl sites for hydroxylation is 1. The highest BCUT2D eigenvalue weighted by atomic mass is 35.5. The van der Waals surface area contributed by atoms with Crippen LogP contribution in [-0.2, 0) is 6.42 Å². The van der Waals surface area contributed by atoms with Gasteiger partial charge in [0.15, 0.2) is 0 Å². The van der Waals surface area contributed by atoms with Crippen molar-refractivity contribution in [3.05, 3.63) is 28.5 Å². The molecule has 0 spiro atoms. The van der Waals surface area contributed by atoms with Crippen LogP contribution in [0.4, 0.5) is 0 Å². The molecule has 1 aliphatic carbocycles. The summed E-state index contributed by atoms with van der Waals surface area (Å²) in [6.07, 6.45) is 6.47. The largest absolute Gasteiger partial charge is 0.349 e. The predicted molar refractivity (Wildman–Crippen MR) is 82.1 cm³/mol. The normalized spacial score (nSPS) is 22.6. The molecule has 0 bridgehead atoms. The molecule has 110 valence electrons. The number of amides is 1. The van der Waals surface area contributed by atoms with Crippen LogP contribution < -0.4 is 5.32 Å². The maximum Gasteiger partial charge on any atom is 0.251 e. The molecule has 1 amide bonds. The first-order valence-corrected chi connectivity index (χ1v) is 7.93. The Kier molecular flexibility index (Phi) is 5.41. The summed E-state index contributed by atoms with van der Waals surface area (Å²) in [5, 5.41) is 3.54. The standard InChI is InChI=1S/C16H23ClN2O/c1-3-5-13-9-12(10-15(17)18-13)16(20)19-14-7-4-6-11(2)8-14/h9-11,14H,3-8H2,1-2H3,(H,19,20). The van der Waals surface area contributed by atoms with Crippen molar-refractivity contribution in [3.8, 4) is 0 Å². The summed E-state index contributed by atoms with van der Waals surface area (Å²) >= 11 is 6.00. The van der Waals surface area contributed by atoms with Gasteiger partial charge in [0.1, 0.15) is 5.15 Å². The van der Waals surface area contributed by atoms with Crippen LogP contribution in [0.15, 0.2) is 12.1 Å². The van der Waals surface area contributed by atoms with Gasteiger partial charge in [0.2, 0.25) is 0 Å². The van der Waals surface area contributed by atoms with Gasteiger partial charge in [-0.25, -0.2) is 4.98 Å². The van der Waals surface area contributed by atoms with Gasteiger partial charge in [-0.15, -0.1) is 0 Å². The van der Waals surface area contributed by atoms with E-state index < -0.39 is 0 Å². The van der Waals surface area contributed by atoms with Crippen molar-refractivity contribution >= 4 is 17.5 Å². The van der Waals surface area contributed by atoms with E-state index in [4.69, 9.17) is 11.6 Å². The topological polar surface area (TPSA) is 42.0 Å². The van der Waals surface area contributed by atoms with Crippen molar-refractivity contribution in [2.75, 3.05) is 0 Å². The third-order valence-electron chi connectivity index (χ3n) is 3.89. The number of aromatic nitrogens is 1. The van der Waals surface area contributed by atoms with Crippen LogP contribution in [0.2, 0.25) is 5.15 Å². The molecule has 1 fully saturated rings. The second-order valence-electron chi connectivity index (χ2n) is 5.86. The second-order valence-corrected chi connectivity index (χ2v) is 6.25. The number of rotatable bonds is 4. The van der Waals surface area contributed by atoms with Gasteiger partial charge >= 0.3 is 0 Å². The van der Waals surface area contributed by atoms with E-state index in [0.29, 0.717) is 22.7 Å². The Hall–Kier alpha value is -1.09. The van der Waals surface area contributed by atoms with Gasteiger partial charge in [0, 0.05) is 17.3 Å². The Labute approximate surface area is 126 Å². The fraction of sp³-hybridized carbons (Fsp3) is 0.625. The molecule has 2 rings (SSSR count). The average molecular weight is 295 g/mol. The molecule has 3 nitrogen and oxygen atoms in total. The van der Waals surface area contributed by atoms with E-state index in [0.717, 1.165) is 31.4 Å². The van der Waals surface area contributed by atoms with Gasteiger partial charge in [0.25, 0.3) is 5.91 Å². The monoisotopic (exact) mass is 294 g/mol. The number of hydrogen-bond acceptors (Lipinski definition) is 2. The van der Waals surface area contributed by atoms with Gasteiger partial charge in [0.05, 0.1) is 0 Å². The van der Waals surface area contributed by atoms with Crippen LogP contribution in [0.1, 0.15) is 62.0 Å². The van der Waals surface area contributed by atoms with Crippen molar-refractivity contribution < 1.29 is 4.79 Å². The number of carbonyl (C=O) groups is 1. The third-order valence-corrected chi connectivity index (χ3v) is 4.08. The molecular formula is C16H23ClN2O. The SMILES string of the molecule is CCCc1cc(C(=O)NC2CCCC(C)C2)cc(Cl)n1. The molecule has 0 radical (unpaired) electrons. The molecule has 2 atom stereocenters. The van der Waals surface area contributed by atoms with Gasteiger partial charge in [-0.2, -0.15) is 0 Å². The quantitative estimate of drug-likeness (QED) is 0.853. The summed E-state index contributed by atoms with van der Waals surface area (Å²) in [6.45, 7) is 4.34. The van der Waals surface area contributed by atoms with Gasteiger partial charge in [-0.1, -0.05) is 44.7 Å². The van der Waals surface area contributed by atoms with Crippen molar-refractivity contribution in [2.45, 2.75) is 58.4 Å². The van der Waals surface area contributed by atoms with Gasteiger partial charge < -0.3 is 5.32 Å². The summed E-state index contributed by atoms with van der Waals surface area (Å²) in [6, 6.07) is 3.81. The average Bonchev–Trinajstić information content (AvgIpc) is 2.38. The molecule has 0 aromatic carbocycles. The fourth-order valence-electron chi connectivity index (χ4n) is 2.90. The van der Waals surface area contributed by atoms with Crippen molar-refractivity contribution in [3.63, 3.8) is 0 Å². The van der Waals surface area contributed by atoms with Crippen LogP contribution in [0.25, 0.3) is 0 Å². The predicted octanol–water partition coefficient (Wildman–Crippen LogP) is 4.00. The maximum atomic E-state index is 12.3. The highest BCUT2D eigenvalue weighted by Gasteiger charge is 2.21. The van der Waals surface area contributed by atoms with Crippen LogP contribution in [0.5, 0.6) is 0 Å². The summed E-state index contributed by atoms with van der Waals surface area (Å²) in [4.78, 5) is 16.6. The Morgan fingerprint density at radius 2 is 2.25 bits per heavy atom. The van der Waals surface area contributed by atoms with E-state index in [9.17, 15) is 4.79 Å². The molecule has 4 heteroatoms. The lowest BCUT2D eigenvalue weighted by atomic mass is 9.87. The number of nitrogens with one attached hydrogen (secondary N) is 1. The van der Waals surface area contributed by atoms with E-state index in [1.54, 1.807) is 6.07 Å². The molecular weight excluding hydrogens is 272 g/mol. The molecule has 0 saturated heterocycles. The number of hydrogen-bond donors (Lipinski definition) is 1. The van der Waals surface area contributed by atoms with Crippen LogP contribution >= 0.6 is 11.6 Å². The number of nitrogens with zero attached hydrogens (tertiary/aromatic N) is 1. The van der Waals surface area contributed by atoms with E-state index in [1.165, 1.54) is 12.8 Å². The number of halogens is 1. The molecule has 1 heterocycles. The molecule has 1 aromatic rings. The molecule has 1 aromatic heterocycles. The smallest absolute Gasteiger partial charge is 0.251 e. The molecule has 1 saturated carbocycles. The Morgan fingerprint density at radius 3 is 2.95 bits per heavy atom. The zero-order valence-corrected chi connectivity index (χ0v) is 13.0. The summed E-state index contributed by atoms with van der Waals surface area (Å²) in [5.41, 5.74) is 1.52. The second kappa shape index (κ2) is 7.07. The van der Waals surface area contributed by atoms with E-state index >= 15 is 0 Å². The van der Waals surface area contributed by atoms with Crippen LogP contribution in [0, 0.1) is 5.92 Å². The number of pyridine rings is 1. The first-order chi connectivity index (χ1) is 9.58. The summed E-state index contributed by atoms with van der Waals surface area (Å²) in [7, 11) is 0. The lowest BCUT2D eigenvalue weighted by Crippen LogP contribution is -2.38. The van der Waals surface area contributed by atoms with Crippen LogP contribution in [0.3, 0.4) is 0 Å². The van der Waals surface area contributed by atoms with E-state index in [-0.39, 0.29) is 5.91 Å². The van der Waals surface area contributed by atoms with Gasteiger partial charge in [-0.05, 0) is 37.3 Å². The molecule has 2 unspecified atom stereocenters. The molecule has 20 heavy (non-hydrogen) atoms. The van der Waals surface area contributed by atoms with Crippen molar-refractivity contribution in [2.24, 2.45) is 5.92 Å². The number of carbonyl (C=O) groups excluding carboxylic acids is 1. The van der Waals surface area contributed by atoms with E-state index in [2.05, 4.69) is 24.1 Å². The highest BCUT2D eigenvalue weighted by molar-refractivity contribution is 6.29. The summed E-state index contributed by atoms with van der Waals surface area (Å²) < 4.78 is 0. The summed E-state index contributed by atoms with van der Waals surface area (Å²) in [5.74, 6) is 0.677. The Morgan fingerprint density at radius 1 is 1.45 bits per heavy atom. The lowest BCUT2D eigenvalue weighted by molar-refractivity contribution is 0.0921. The zero-order chi connectivity index (χ0) is 14.5. The lowest BCUT2D eigenvalue weighted by Gasteiger charge is -2.27. The van der Waals surface area contributed by atoms with Crippen molar-refractivity contribution in [1.82, 2.24) is 10.3 Å². The Bertz CT molecular complexity index is 476. The highest BCUT2D eigenvalue weighted by Crippen LogP contribution is 2.24. The zero-order valence-electron chi connectivity index (χ0n) is 12.3. The minimum Gasteiger partial charge on any atom is -0.349 e. The molecule has 1 N–H and O–H groups in total.